The number of nitrogens with two attached hydrogens (primary N) is 1. The van der Waals surface area contributed by atoms with E-state index in [-0.39, 0.29) is 26.6 Å². The third-order valence-corrected chi connectivity index (χ3v) is 8.03. The number of rotatable bonds is 6. The summed E-state index contributed by atoms with van der Waals surface area (Å²) in [4.78, 5) is 18.1. The van der Waals surface area contributed by atoms with Crippen LogP contribution in [0.2, 0.25) is 0 Å². The molecule has 5 aromatic rings. The number of pyridine rings is 2. The summed E-state index contributed by atoms with van der Waals surface area (Å²) in [5.74, 6) is 0.771. The molecule has 0 saturated heterocycles. The molecule has 0 fully saturated rings. The van der Waals surface area contributed by atoms with Crippen LogP contribution in [0.25, 0.3) is 16.7 Å². The van der Waals surface area contributed by atoms with Crippen LogP contribution in [0.3, 0.4) is 0 Å². The van der Waals surface area contributed by atoms with Gasteiger partial charge in [0.2, 0.25) is 21.3 Å². The number of aryl methyl sites for hydroxylation is 3. The molecule has 182 valence electrons. The lowest BCUT2D eigenvalue weighted by Crippen LogP contribution is -2.42. The summed E-state index contributed by atoms with van der Waals surface area (Å²) in [6.45, 7) is 2.20. The molecule has 0 aliphatic carbocycles. The maximum absolute atomic E-state index is 13.6. The second kappa shape index (κ2) is 9.09. The maximum atomic E-state index is 13.6. The van der Waals surface area contributed by atoms with Crippen molar-refractivity contribution < 1.29 is 17.7 Å². The van der Waals surface area contributed by atoms with Gasteiger partial charge in [-0.15, -0.1) is 0 Å². The van der Waals surface area contributed by atoms with Crippen LogP contribution in [0.4, 0.5) is 5.82 Å². The fraction of sp³-hybridized carbons (Fsp3) is 0.148. The molecule has 0 saturated carbocycles. The smallest absolute Gasteiger partial charge is 0.278 e. The molecule has 0 atom stereocenters. The third kappa shape index (κ3) is 4.07. The molecule has 5 rings (SSSR count). The molecule has 0 radical (unpaired) electrons. The van der Waals surface area contributed by atoms with E-state index in [1.165, 1.54) is 10.5 Å². The van der Waals surface area contributed by atoms with E-state index in [9.17, 15) is 13.2 Å². The van der Waals surface area contributed by atoms with E-state index < -0.39 is 9.84 Å². The summed E-state index contributed by atoms with van der Waals surface area (Å²) >= 11 is 0. The third-order valence-electron chi connectivity index (χ3n) is 6.23. The van der Waals surface area contributed by atoms with Crippen molar-refractivity contribution in [3.8, 4) is 5.75 Å². The van der Waals surface area contributed by atoms with Crippen molar-refractivity contribution >= 4 is 32.3 Å². The van der Waals surface area contributed by atoms with Gasteiger partial charge in [0.15, 0.2) is 0 Å². The predicted octanol–water partition coefficient (Wildman–Crippen LogP) is 3.11. The van der Waals surface area contributed by atoms with Gasteiger partial charge in [0.1, 0.15) is 16.0 Å². The summed E-state index contributed by atoms with van der Waals surface area (Å²) in [6, 6.07) is 20.7. The van der Waals surface area contributed by atoms with Crippen LogP contribution < -0.4 is 20.6 Å². The minimum absolute atomic E-state index is 0.0313. The zero-order valence-corrected chi connectivity index (χ0v) is 20.7. The van der Waals surface area contributed by atoms with Crippen LogP contribution in [0, 0.1) is 6.92 Å². The van der Waals surface area contributed by atoms with Gasteiger partial charge in [-0.25, -0.2) is 13.0 Å². The largest absolute Gasteiger partial charge is 0.497 e. The Morgan fingerprint density at radius 1 is 1.03 bits per heavy atom. The Bertz CT molecular complexity index is 1760. The first kappa shape index (κ1) is 23.5. The average Bonchev–Trinajstić information content (AvgIpc) is 2.88. The highest BCUT2D eigenvalue weighted by Gasteiger charge is 2.29. The van der Waals surface area contributed by atoms with Gasteiger partial charge in [0.05, 0.1) is 18.6 Å². The van der Waals surface area contributed by atoms with E-state index in [4.69, 9.17) is 10.5 Å². The van der Waals surface area contributed by atoms with Crippen molar-refractivity contribution in [3.63, 3.8) is 0 Å². The normalized spacial score (nSPS) is 11.7. The summed E-state index contributed by atoms with van der Waals surface area (Å²) in [7, 11) is -2.40. The summed E-state index contributed by atoms with van der Waals surface area (Å²) in [5, 5.41) is 0.174. The zero-order chi connectivity index (χ0) is 25.4. The van der Waals surface area contributed by atoms with Gasteiger partial charge in [-0.3, -0.25) is 9.20 Å². The lowest BCUT2D eigenvalue weighted by molar-refractivity contribution is -0.659. The lowest BCUT2D eigenvalue weighted by Gasteiger charge is -2.13. The Morgan fingerprint density at radius 3 is 2.44 bits per heavy atom. The molecule has 0 aliphatic heterocycles. The SMILES string of the molecule is COc1ccc(CC[n+]2c(N)c(S(=O)(=O)c3ccc(C)cc3)cc3c(=O)n4ccccc4nc32)cc1. The highest BCUT2D eigenvalue weighted by Crippen LogP contribution is 2.26. The molecule has 3 heterocycles. The average molecular weight is 502 g/mol. The summed E-state index contributed by atoms with van der Waals surface area (Å²) in [6.07, 6.45) is 2.15. The summed E-state index contributed by atoms with van der Waals surface area (Å²) in [5.41, 5.74) is 8.87. The van der Waals surface area contributed by atoms with Crippen LogP contribution >= 0.6 is 0 Å². The van der Waals surface area contributed by atoms with E-state index in [0.717, 1.165) is 16.9 Å². The topological polar surface area (TPSA) is 108 Å². The van der Waals surface area contributed by atoms with E-state index in [0.29, 0.717) is 24.3 Å². The highest BCUT2D eigenvalue weighted by atomic mass is 32.2. The first-order valence-electron chi connectivity index (χ1n) is 11.4. The van der Waals surface area contributed by atoms with Gasteiger partial charge in [0, 0.05) is 12.6 Å². The zero-order valence-electron chi connectivity index (χ0n) is 19.9. The van der Waals surface area contributed by atoms with Gasteiger partial charge in [-0.05, 0) is 55.0 Å². The van der Waals surface area contributed by atoms with E-state index in [1.807, 2.05) is 31.2 Å². The molecule has 3 aromatic heterocycles. The molecule has 8 nitrogen and oxygen atoms in total. The molecule has 36 heavy (non-hydrogen) atoms. The standard InChI is InChI=1S/C27H24N4O4S/c1-18-6-12-21(13-7-18)36(33,34)23-17-22-26(29-24-5-3-4-15-30(24)27(22)32)31(25(23)28)16-14-19-8-10-20(35-2)11-9-19/h3-13,15,17,28H,14,16H2,1-2H3/p+1. The molecule has 0 amide bonds. The molecule has 2 aromatic carbocycles. The van der Waals surface area contributed by atoms with E-state index in [2.05, 4.69) is 4.98 Å². The van der Waals surface area contributed by atoms with Gasteiger partial charge in [0.25, 0.3) is 11.2 Å². The maximum Gasteiger partial charge on any atom is 0.278 e. The Balaban J connectivity index is 1.73. The van der Waals surface area contributed by atoms with Gasteiger partial charge >= 0.3 is 0 Å². The number of hydrogen-bond donors (Lipinski definition) is 1. The van der Waals surface area contributed by atoms with Crippen LogP contribution in [-0.4, -0.2) is 24.9 Å². The second-order valence-electron chi connectivity index (χ2n) is 8.54. The van der Waals surface area contributed by atoms with Crippen LogP contribution in [0.5, 0.6) is 5.75 Å². The number of nitrogen functional groups attached to an aromatic ring is 1. The molecule has 9 heteroatoms. The van der Waals surface area contributed by atoms with Gasteiger partial charge < -0.3 is 10.5 Å². The lowest BCUT2D eigenvalue weighted by atomic mass is 10.1. The monoisotopic (exact) mass is 501 g/mol. The van der Waals surface area contributed by atoms with Crippen molar-refractivity contribution in [2.75, 3.05) is 12.8 Å². The van der Waals surface area contributed by atoms with Crippen molar-refractivity contribution in [3.05, 3.63) is 100 Å². The molecule has 0 bridgehead atoms. The van der Waals surface area contributed by atoms with Gasteiger partial charge in [-0.2, -0.15) is 0 Å². The van der Waals surface area contributed by atoms with E-state index in [1.54, 1.807) is 60.3 Å². The molecule has 0 aliphatic rings. The quantitative estimate of drug-likeness (QED) is 0.283. The number of anilines is 1. The van der Waals surface area contributed by atoms with Crippen molar-refractivity contribution in [2.45, 2.75) is 29.7 Å². The highest BCUT2D eigenvalue weighted by molar-refractivity contribution is 7.91. The Kier molecular flexibility index (Phi) is 5.93. The molecular weight excluding hydrogens is 476 g/mol. The summed E-state index contributed by atoms with van der Waals surface area (Å²) < 4.78 is 35.5. The first-order valence-corrected chi connectivity index (χ1v) is 12.9. The van der Waals surface area contributed by atoms with Crippen LogP contribution in [0.15, 0.2) is 93.6 Å². The Labute approximate surface area is 208 Å². The number of ether oxygens (including phenoxy) is 1. The first-order chi connectivity index (χ1) is 17.3. The number of methoxy groups -OCH3 is 1. The van der Waals surface area contributed by atoms with Crippen molar-refractivity contribution in [1.82, 2.24) is 9.38 Å². The van der Waals surface area contributed by atoms with Crippen LogP contribution in [0.1, 0.15) is 11.1 Å². The molecule has 0 spiro atoms. The fourth-order valence-corrected chi connectivity index (χ4v) is 5.60. The number of aromatic nitrogens is 3. The van der Waals surface area contributed by atoms with Crippen LogP contribution in [-0.2, 0) is 22.8 Å². The molecule has 2 N–H and O–H groups in total. The van der Waals surface area contributed by atoms with E-state index >= 15 is 0 Å². The number of sulfone groups is 1. The number of nitrogens with zero attached hydrogens (tertiary/aromatic N) is 3. The molecular formula is C27H25N4O4S+. The number of hydrogen-bond acceptors (Lipinski definition) is 6. The fourth-order valence-electron chi connectivity index (χ4n) is 4.19. The van der Waals surface area contributed by atoms with Crippen molar-refractivity contribution in [2.24, 2.45) is 0 Å². The minimum atomic E-state index is -4.00. The minimum Gasteiger partial charge on any atom is -0.497 e. The van der Waals surface area contributed by atoms with Gasteiger partial charge in [-0.1, -0.05) is 40.9 Å². The van der Waals surface area contributed by atoms with Crippen molar-refractivity contribution in [1.29, 1.82) is 0 Å². The Morgan fingerprint density at radius 2 is 1.75 bits per heavy atom. The Hall–Kier alpha value is -4.24. The number of fused-ring (bicyclic) bond motifs is 2. The molecule has 0 unspecified atom stereocenters. The second-order valence-corrected chi connectivity index (χ2v) is 10.5. The predicted molar refractivity (Wildman–Crippen MR) is 137 cm³/mol. The number of benzene rings is 2.